The molecule has 1 fully saturated rings. The molecule has 0 aromatic carbocycles. The van der Waals surface area contributed by atoms with Crippen molar-refractivity contribution >= 4 is 0 Å². The van der Waals surface area contributed by atoms with Gasteiger partial charge in [0, 0.05) is 19.6 Å². The minimum absolute atomic E-state index is 0.0888. The summed E-state index contributed by atoms with van der Waals surface area (Å²) in [7, 11) is 0. The lowest BCUT2D eigenvalue weighted by Crippen LogP contribution is -2.51. The van der Waals surface area contributed by atoms with E-state index in [-0.39, 0.29) is 6.10 Å². The molecule has 0 spiro atoms. The van der Waals surface area contributed by atoms with E-state index in [1.54, 1.807) is 0 Å². The monoisotopic (exact) mass is 159 g/mol. The molecule has 0 radical (unpaired) electrons. The van der Waals surface area contributed by atoms with Crippen molar-refractivity contribution in [2.24, 2.45) is 0 Å². The molecule has 11 heavy (non-hydrogen) atoms. The van der Waals surface area contributed by atoms with Gasteiger partial charge in [0.05, 0.1) is 18.8 Å². The van der Waals surface area contributed by atoms with Crippen LogP contribution < -0.4 is 0 Å². The zero-order valence-electron chi connectivity index (χ0n) is 7.29. The Labute approximate surface area is 68.0 Å². The third-order valence-electron chi connectivity index (χ3n) is 1.80. The maximum atomic E-state index is 8.94. The SMILES string of the molecule is CC(C)OCCN1CC(O)C1. The zero-order valence-corrected chi connectivity index (χ0v) is 7.29. The summed E-state index contributed by atoms with van der Waals surface area (Å²) in [5.41, 5.74) is 0. The van der Waals surface area contributed by atoms with Crippen molar-refractivity contribution in [3.8, 4) is 0 Å². The largest absolute Gasteiger partial charge is 0.390 e. The molecule has 3 nitrogen and oxygen atoms in total. The van der Waals surface area contributed by atoms with Crippen molar-refractivity contribution < 1.29 is 9.84 Å². The summed E-state index contributed by atoms with van der Waals surface area (Å²) in [6.07, 6.45) is 0.232. The first-order chi connectivity index (χ1) is 5.18. The predicted octanol–water partition coefficient (Wildman–Crippen LogP) is 0.0879. The fourth-order valence-corrected chi connectivity index (χ4v) is 1.14. The number of rotatable bonds is 4. The van der Waals surface area contributed by atoms with E-state index in [0.717, 1.165) is 26.2 Å². The van der Waals surface area contributed by atoms with Crippen LogP contribution >= 0.6 is 0 Å². The lowest BCUT2D eigenvalue weighted by Gasteiger charge is -2.35. The summed E-state index contributed by atoms with van der Waals surface area (Å²) in [5.74, 6) is 0. The van der Waals surface area contributed by atoms with Crippen LogP contribution in [-0.2, 0) is 4.74 Å². The van der Waals surface area contributed by atoms with Crippen molar-refractivity contribution in [2.45, 2.75) is 26.1 Å². The number of β-amino-alcohol motifs (C(OH)–C–C–N with tert-alkyl or cyclic N) is 1. The highest BCUT2D eigenvalue weighted by Gasteiger charge is 2.23. The third kappa shape index (κ3) is 3.18. The Hall–Kier alpha value is -0.120. The molecule has 1 N–H and O–H groups in total. The first-order valence-electron chi connectivity index (χ1n) is 4.20. The first-order valence-corrected chi connectivity index (χ1v) is 4.20. The number of hydrogen-bond acceptors (Lipinski definition) is 3. The minimum atomic E-state index is -0.0888. The van der Waals surface area contributed by atoms with Crippen LogP contribution in [0.3, 0.4) is 0 Å². The summed E-state index contributed by atoms with van der Waals surface area (Å²) >= 11 is 0. The fourth-order valence-electron chi connectivity index (χ4n) is 1.14. The molecule has 0 atom stereocenters. The molecule has 1 aliphatic rings. The molecule has 1 saturated heterocycles. The second-order valence-electron chi connectivity index (χ2n) is 3.33. The van der Waals surface area contributed by atoms with Gasteiger partial charge in [-0.05, 0) is 13.8 Å². The van der Waals surface area contributed by atoms with E-state index in [9.17, 15) is 0 Å². The number of hydrogen-bond donors (Lipinski definition) is 1. The van der Waals surface area contributed by atoms with Crippen molar-refractivity contribution in [1.82, 2.24) is 4.90 Å². The maximum absolute atomic E-state index is 8.94. The Bertz CT molecular complexity index is 111. The van der Waals surface area contributed by atoms with E-state index in [0.29, 0.717) is 6.10 Å². The standard InChI is InChI=1S/C8H17NO2/c1-7(2)11-4-3-9-5-8(10)6-9/h7-8,10H,3-6H2,1-2H3. The minimum Gasteiger partial charge on any atom is -0.390 e. The van der Waals surface area contributed by atoms with Crippen LogP contribution in [0.15, 0.2) is 0 Å². The van der Waals surface area contributed by atoms with Gasteiger partial charge in [-0.3, -0.25) is 4.90 Å². The van der Waals surface area contributed by atoms with Gasteiger partial charge in [0.1, 0.15) is 0 Å². The van der Waals surface area contributed by atoms with E-state index < -0.39 is 0 Å². The van der Waals surface area contributed by atoms with Gasteiger partial charge in [-0.25, -0.2) is 0 Å². The second kappa shape index (κ2) is 4.04. The van der Waals surface area contributed by atoms with E-state index in [2.05, 4.69) is 4.90 Å². The van der Waals surface area contributed by atoms with Gasteiger partial charge in [0.2, 0.25) is 0 Å². The Morgan fingerprint density at radius 2 is 2.18 bits per heavy atom. The number of ether oxygens (including phenoxy) is 1. The van der Waals surface area contributed by atoms with Crippen LogP contribution in [0.25, 0.3) is 0 Å². The van der Waals surface area contributed by atoms with Crippen molar-refractivity contribution in [2.75, 3.05) is 26.2 Å². The average Bonchev–Trinajstić information content (AvgIpc) is 1.83. The highest BCUT2D eigenvalue weighted by atomic mass is 16.5. The molecule has 1 aliphatic heterocycles. The highest BCUT2D eigenvalue weighted by Crippen LogP contribution is 2.05. The van der Waals surface area contributed by atoms with Gasteiger partial charge in [-0.15, -0.1) is 0 Å². The van der Waals surface area contributed by atoms with Crippen LogP contribution in [0.2, 0.25) is 0 Å². The maximum Gasteiger partial charge on any atom is 0.0793 e. The lowest BCUT2D eigenvalue weighted by atomic mass is 10.2. The molecular weight excluding hydrogens is 142 g/mol. The van der Waals surface area contributed by atoms with Gasteiger partial charge in [-0.2, -0.15) is 0 Å². The Kier molecular flexibility index (Phi) is 3.30. The van der Waals surface area contributed by atoms with Crippen LogP contribution in [0, 0.1) is 0 Å². The molecular formula is C8H17NO2. The van der Waals surface area contributed by atoms with Gasteiger partial charge < -0.3 is 9.84 Å². The molecule has 0 aromatic heterocycles. The summed E-state index contributed by atoms with van der Waals surface area (Å²) in [6.45, 7) is 7.44. The Morgan fingerprint density at radius 1 is 1.55 bits per heavy atom. The van der Waals surface area contributed by atoms with Gasteiger partial charge >= 0.3 is 0 Å². The van der Waals surface area contributed by atoms with Crippen molar-refractivity contribution in [3.63, 3.8) is 0 Å². The van der Waals surface area contributed by atoms with E-state index >= 15 is 0 Å². The molecule has 0 unspecified atom stereocenters. The normalized spacial score (nSPS) is 20.7. The first kappa shape index (κ1) is 8.97. The van der Waals surface area contributed by atoms with Crippen molar-refractivity contribution in [1.29, 1.82) is 0 Å². The van der Waals surface area contributed by atoms with Gasteiger partial charge in [0.15, 0.2) is 0 Å². The van der Waals surface area contributed by atoms with Gasteiger partial charge in [0.25, 0.3) is 0 Å². The molecule has 0 aliphatic carbocycles. The number of nitrogens with zero attached hydrogens (tertiary/aromatic N) is 1. The topological polar surface area (TPSA) is 32.7 Å². The fraction of sp³-hybridized carbons (Fsp3) is 1.00. The molecule has 1 rings (SSSR count). The summed E-state index contributed by atoms with van der Waals surface area (Å²) in [4.78, 5) is 2.19. The van der Waals surface area contributed by atoms with Crippen LogP contribution in [0.5, 0.6) is 0 Å². The molecule has 0 aromatic rings. The zero-order chi connectivity index (χ0) is 8.27. The molecule has 0 amide bonds. The summed E-state index contributed by atoms with van der Waals surface area (Å²) < 4.78 is 5.36. The third-order valence-corrected chi connectivity index (χ3v) is 1.80. The molecule has 1 heterocycles. The van der Waals surface area contributed by atoms with E-state index in [1.807, 2.05) is 13.8 Å². The summed E-state index contributed by atoms with van der Waals surface area (Å²) in [6, 6.07) is 0. The summed E-state index contributed by atoms with van der Waals surface area (Å²) in [5, 5.41) is 8.94. The molecule has 0 bridgehead atoms. The highest BCUT2D eigenvalue weighted by molar-refractivity contribution is 4.77. The molecule has 3 heteroatoms. The van der Waals surface area contributed by atoms with Crippen LogP contribution in [0.1, 0.15) is 13.8 Å². The lowest BCUT2D eigenvalue weighted by molar-refractivity contribution is -0.0221. The smallest absolute Gasteiger partial charge is 0.0793 e. The molecule has 0 saturated carbocycles. The number of aliphatic hydroxyl groups is 1. The van der Waals surface area contributed by atoms with E-state index in [4.69, 9.17) is 9.84 Å². The predicted molar refractivity (Wildman–Crippen MR) is 43.5 cm³/mol. The van der Waals surface area contributed by atoms with Crippen molar-refractivity contribution in [3.05, 3.63) is 0 Å². The number of aliphatic hydroxyl groups excluding tert-OH is 1. The molecule has 66 valence electrons. The number of likely N-dealkylation sites (tertiary alicyclic amines) is 1. The van der Waals surface area contributed by atoms with Gasteiger partial charge in [-0.1, -0.05) is 0 Å². The Balaban J connectivity index is 1.89. The van der Waals surface area contributed by atoms with E-state index in [1.165, 1.54) is 0 Å². The quantitative estimate of drug-likeness (QED) is 0.631. The van der Waals surface area contributed by atoms with Crippen LogP contribution in [0.4, 0.5) is 0 Å². The average molecular weight is 159 g/mol. The Morgan fingerprint density at radius 3 is 2.64 bits per heavy atom. The second-order valence-corrected chi connectivity index (χ2v) is 3.33. The van der Waals surface area contributed by atoms with Crippen LogP contribution in [-0.4, -0.2) is 48.5 Å².